The molecule has 0 saturated carbocycles. The molecular weight excluding hydrogens is 644 g/mol. The Bertz CT molecular complexity index is 1080. The fourth-order valence-corrected chi connectivity index (χ4v) is 6.06. The first-order valence-electron chi connectivity index (χ1n) is 18.0. The summed E-state index contributed by atoms with van der Waals surface area (Å²) in [5.41, 5.74) is 0. The highest BCUT2D eigenvalue weighted by atomic mass is 16.5. The third kappa shape index (κ3) is 23.1. The summed E-state index contributed by atoms with van der Waals surface area (Å²) in [4.78, 5) is 12.5. The van der Waals surface area contributed by atoms with Gasteiger partial charge in [-0.25, -0.2) is 4.79 Å². The van der Waals surface area contributed by atoms with E-state index in [4.69, 9.17) is 4.74 Å². The van der Waals surface area contributed by atoms with Gasteiger partial charge in [0.1, 0.15) is 6.10 Å². The molecule has 0 aliphatic carbocycles. The van der Waals surface area contributed by atoms with Crippen molar-refractivity contribution < 1.29 is 55.5 Å². The van der Waals surface area contributed by atoms with Crippen molar-refractivity contribution in [2.45, 2.75) is 152 Å². The maximum atomic E-state index is 12.5. The second-order valence-corrected chi connectivity index (χ2v) is 14.0. The van der Waals surface area contributed by atoms with Gasteiger partial charge in [0.05, 0.1) is 54.9 Å². The highest BCUT2D eigenvalue weighted by Gasteiger charge is 2.27. The Morgan fingerprint density at radius 3 is 1.24 bits per heavy atom. The molecule has 1 heterocycles. The first-order chi connectivity index (χ1) is 23.7. The third-order valence-electron chi connectivity index (χ3n) is 8.56. The summed E-state index contributed by atoms with van der Waals surface area (Å²) < 4.78 is 5.71. The molecule has 0 spiro atoms. The van der Waals surface area contributed by atoms with E-state index in [-0.39, 0.29) is 69.3 Å². The van der Waals surface area contributed by atoms with Crippen LogP contribution >= 0.6 is 0 Å². The molecule has 286 valence electrons. The molecule has 0 aromatic rings. The molecule has 0 aromatic heterocycles. The minimum atomic E-state index is -1.12. The molecule has 1 aliphatic rings. The summed E-state index contributed by atoms with van der Waals surface area (Å²) in [6, 6.07) is 0. The number of esters is 1. The average molecular weight is 709 g/mol. The molecule has 11 heteroatoms. The summed E-state index contributed by atoms with van der Waals surface area (Å²) in [7, 11) is 0. The average Bonchev–Trinajstić information content (AvgIpc) is 2.99. The summed E-state index contributed by atoms with van der Waals surface area (Å²) in [6.45, 7) is 5.86. The van der Waals surface area contributed by atoms with Crippen molar-refractivity contribution in [3.63, 3.8) is 0 Å². The van der Waals surface area contributed by atoms with E-state index >= 15 is 0 Å². The second kappa shape index (κ2) is 26.3. The lowest BCUT2D eigenvalue weighted by Crippen LogP contribution is -2.31. The molecule has 11 atom stereocenters. The van der Waals surface area contributed by atoms with Crippen LogP contribution in [0.25, 0.3) is 0 Å². The Balaban J connectivity index is 2.88. The van der Waals surface area contributed by atoms with E-state index in [0.717, 1.165) is 0 Å². The minimum absolute atomic E-state index is 0.0177. The number of hydrogen-bond donors (Lipinski definition) is 9. The fraction of sp³-hybridized carbons (Fsp3) is 0.667. The Labute approximate surface area is 298 Å². The van der Waals surface area contributed by atoms with Crippen LogP contribution in [0.5, 0.6) is 0 Å². The highest BCUT2D eigenvalue weighted by molar-refractivity contribution is 5.82. The molecule has 0 unspecified atom stereocenters. The van der Waals surface area contributed by atoms with E-state index < -0.39 is 60.9 Å². The van der Waals surface area contributed by atoms with Crippen molar-refractivity contribution >= 4 is 5.97 Å². The maximum absolute atomic E-state index is 12.5. The zero-order chi connectivity index (χ0) is 37.5. The van der Waals surface area contributed by atoms with Crippen LogP contribution in [0.1, 0.15) is 91.4 Å². The lowest BCUT2D eigenvalue weighted by Gasteiger charge is -2.28. The van der Waals surface area contributed by atoms with Crippen molar-refractivity contribution in [2.75, 3.05) is 0 Å². The monoisotopic (exact) mass is 708 g/mol. The van der Waals surface area contributed by atoms with E-state index in [1.165, 1.54) is 6.08 Å². The van der Waals surface area contributed by atoms with E-state index in [2.05, 4.69) is 0 Å². The first-order valence-corrected chi connectivity index (χ1v) is 18.0. The van der Waals surface area contributed by atoms with Gasteiger partial charge in [-0.3, -0.25) is 0 Å². The van der Waals surface area contributed by atoms with Gasteiger partial charge < -0.3 is 50.7 Å². The Hall–Kier alpha value is -2.45. The van der Waals surface area contributed by atoms with Crippen molar-refractivity contribution in [2.24, 2.45) is 11.8 Å². The fourth-order valence-electron chi connectivity index (χ4n) is 6.06. The molecular formula is C39H64O11. The number of hydrogen-bond acceptors (Lipinski definition) is 11. The number of carbonyl (C=O) groups excluding carboxylic acids is 1. The van der Waals surface area contributed by atoms with Gasteiger partial charge in [-0.15, -0.1) is 0 Å². The molecule has 0 aromatic carbocycles. The van der Waals surface area contributed by atoms with Gasteiger partial charge in [0.15, 0.2) is 0 Å². The predicted molar refractivity (Wildman–Crippen MR) is 194 cm³/mol. The number of aliphatic hydroxyl groups excluding tert-OH is 9. The molecule has 1 rings (SSSR count). The second-order valence-electron chi connectivity index (χ2n) is 14.0. The molecule has 0 amide bonds. The van der Waals surface area contributed by atoms with Gasteiger partial charge in [0, 0.05) is 6.08 Å². The topological polar surface area (TPSA) is 208 Å². The van der Waals surface area contributed by atoms with Crippen molar-refractivity contribution in [1.82, 2.24) is 0 Å². The zero-order valence-corrected chi connectivity index (χ0v) is 30.0. The lowest BCUT2D eigenvalue weighted by atomic mass is 9.89. The van der Waals surface area contributed by atoms with Crippen molar-refractivity contribution in [3.05, 3.63) is 72.9 Å². The van der Waals surface area contributed by atoms with E-state index in [9.17, 15) is 50.8 Å². The van der Waals surface area contributed by atoms with Crippen LogP contribution in [-0.2, 0) is 9.53 Å². The normalized spacial score (nSPS) is 39.1. The van der Waals surface area contributed by atoms with Crippen molar-refractivity contribution in [1.29, 1.82) is 0 Å². The third-order valence-corrected chi connectivity index (χ3v) is 8.56. The maximum Gasteiger partial charge on any atom is 0.331 e. The van der Waals surface area contributed by atoms with Crippen LogP contribution in [0.15, 0.2) is 72.9 Å². The van der Waals surface area contributed by atoms with E-state index in [1.807, 2.05) is 45.1 Å². The number of carbonyl (C=O) groups is 1. The van der Waals surface area contributed by atoms with Crippen LogP contribution < -0.4 is 0 Å². The molecule has 0 fully saturated rings. The van der Waals surface area contributed by atoms with Gasteiger partial charge in [0.2, 0.25) is 0 Å². The highest BCUT2D eigenvalue weighted by Crippen LogP contribution is 2.24. The smallest absolute Gasteiger partial charge is 0.331 e. The van der Waals surface area contributed by atoms with Crippen LogP contribution in [0.2, 0.25) is 0 Å². The van der Waals surface area contributed by atoms with Gasteiger partial charge in [-0.1, -0.05) is 87.6 Å². The number of aliphatic hydroxyl groups is 9. The Kier molecular flexibility index (Phi) is 24.0. The quantitative estimate of drug-likeness (QED) is 0.181. The number of rotatable bonds is 1. The van der Waals surface area contributed by atoms with E-state index in [0.29, 0.717) is 19.3 Å². The summed E-state index contributed by atoms with van der Waals surface area (Å²) in [6.07, 6.45) is 11.9. The summed E-state index contributed by atoms with van der Waals surface area (Å²) in [5, 5.41) is 93.2. The van der Waals surface area contributed by atoms with Crippen LogP contribution in [0.3, 0.4) is 0 Å². The van der Waals surface area contributed by atoms with Gasteiger partial charge in [0.25, 0.3) is 0 Å². The summed E-state index contributed by atoms with van der Waals surface area (Å²) in [5.74, 6) is -0.483. The Morgan fingerprint density at radius 2 is 0.840 bits per heavy atom. The van der Waals surface area contributed by atoms with E-state index in [1.54, 1.807) is 42.5 Å². The van der Waals surface area contributed by atoms with Crippen LogP contribution in [0.4, 0.5) is 0 Å². The lowest BCUT2D eigenvalue weighted by molar-refractivity contribution is -0.148. The zero-order valence-electron chi connectivity index (χ0n) is 30.0. The van der Waals surface area contributed by atoms with Crippen LogP contribution in [-0.4, -0.2) is 113 Å². The van der Waals surface area contributed by atoms with Crippen LogP contribution in [0, 0.1) is 11.8 Å². The van der Waals surface area contributed by atoms with Gasteiger partial charge in [-0.2, -0.15) is 0 Å². The molecule has 0 saturated heterocycles. The molecule has 0 radical (unpaired) electrons. The number of allylic oxidation sites excluding steroid dienone is 10. The summed E-state index contributed by atoms with van der Waals surface area (Å²) >= 11 is 0. The standard InChI is InChI=1S/C39H64O11/c1-27(2)39-28(3)17-18-30(41)20-32(43)22-34(45)24-36(47)26-37(48)25-35(46)23-33(44)21-31(42)19-29(40)15-13-11-9-7-5-4-6-8-10-12-14-16-38(49)50-39/h4-14,16,27-37,39-48H,15,17-26H2,1-3H3/b5-4+,8-6+,9-7+,12-10+,13-11-,16-14+/t28-,29+,30-,31-,32-,33-,34-,35-,36+,37+,39-/m0/s1. The first kappa shape index (κ1) is 45.6. The van der Waals surface area contributed by atoms with Crippen molar-refractivity contribution in [3.8, 4) is 0 Å². The predicted octanol–water partition coefficient (Wildman–Crippen LogP) is 3.08. The minimum Gasteiger partial charge on any atom is -0.459 e. The molecule has 1 aliphatic heterocycles. The number of ether oxygens (including phenoxy) is 1. The largest absolute Gasteiger partial charge is 0.459 e. The number of cyclic esters (lactones) is 1. The van der Waals surface area contributed by atoms with Gasteiger partial charge in [-0.05, 0) is 82.5 Å². The van der Waals surface area contributed by atoms with Gasteiger partial charge >= 0.3 is 5.97 Å². The SMILES string of the molecule is CC(C)[C@@H]1OC(=O)/C=C/C=C/C=C/C=C/C=C/C=C\C[C@@H](O)C[C@H](O)C[C@H](O)C[C@H](O)C[C@@H](O)C[C@H](O)C[C@@H](O)C[C@@H](O)C[C@@H](O)CC[C@@H]1C. The molecule has 9 N–H and O–H groups in total. The molecule has 0 bridgehead atoms. The Morgan fingerprint density at radius 1 is 0.500 bits per heavy atom. The molecule has 11 nitrogen and oxygen atoms in total. The molecule has 50 heavy (non-hydrogen) atoms.